The molecule has 0 saturated heterocycles. The zero-order valence-corrected chi connectivity index (χ0v) is 11.6. The smallest absolute Gasteiger partial charge is 0.159 e. The number of hydrogen-bond donors (Lipinski definition) is 0. The summed E-state index contributed by atoms with van der Waals surface area (Å²) in [5, 5.41) is 4.79. The van der Waals surface area contributed by atoms with E-state index in [1.807, 2.05) is 23.8 Å². The van der Waals surface area contributed by atoms with Crippen LogP contribution in [0, 0.1) is 18.6 Å². The summed E-state index contributed by atoms with van der Waals surface area (Å²) in [5.74, 6) is -1.69. The van der Waals surface area contributed by atoms with Gasteiger partial charge in [0.1, 0.15) is 5.01 Å². The third kappa shape index (κ3) is 2.31. The van der Waals surface area contributed by atoms with Crippen molar-refractivity contribution in [1.29, 1.82) is 0 Å². The van der Waals surface area contributed by atoms with Crippen molar-refractivity contribution in [2.24, 2.45) is 0 Å². The Labute approximate surface area is 117 Å². The maximum Gasteiger partial charge on any atom is 0.159 e. The predicted molar refractivity (Wildman–Crippen MR) is 75.5 cm³/mol. The van der Waals surface area contributed by atoms with Crippen LogP contribution < -0.4 is 0 Å². The molecule has 2 heterocycles. The van der Waals surface area contributed by atoms with Gasteiger partial charge in [0.25, 0.3) is 0 Å². The summed E-state index contributed by atoms with van der Waals surface area (Å²) in [6.45, 7) is 2.03. The van der Waals surface area contributed by atoms with Crippen LogP contribution in [-0.2, 0) is 0 Å². The summed E-state index contributed by atoms with van der Waals surface area (Å²) in [7, 11) is 0. The van der Waals surface area contributed by atoms with Gasteiger partial charge in [-0.3, -0.25) is 0 Å². The van der Waals surface area contributed by atoms with Crippen LogP contribution in [0.25, 0.3) is 21.1 Å². The van der Waals surface area contributed by atoms with Crippen molar-refractivity contribution < 1.29 is 8.78 Å². The number of aryl methyl sites for hydroxylation is 1. The van der Waals surface area contributed by atoms with Crippen LogP contribution in [0.15, 0.2) is 35.0 Å². The second-order valence-electron chi connectivity index (χ2n) is 4.10. The monoisotopic (exact) mass is 293 g/mol. The van der Waals surface area contributed by atoms with E-state index >= 15 is 0 Å². The molecule has 0 amide bonds. The lowest BCUT2D eigenvalue weighted by Crippen LogP contribution is -1.85. The first-order valence-electron chi connectivity index (χ1n) is 5.60. The molecule has 0 N–H and O–H groups in total. The lowest BCUT2D eigenvalue weighted by atomic mass is 10.1. The van der Waals surface area contributed by atoms with Gasteiger partial charge in [-0.1, -0.05) is 0 Å². The molecule has 0 fully saturated rings. The molecular weight excluding hydrogens is 284 g/mol. The Morgan fingerprint density at radius 1 is 1.05 bits per heavy atom. The molecular formula is C14H9F2NS2. The first-order valence-corrected chi connectivity index (χ1v) is 7.36. The van der Waals surface area contributed by atoms with Gasteiger partial charge in [-0.25, -0.2) is 13.8 Å². The minimum atomic E-state index is -0.848. The van der Waals surface area contributed by atoms with E-state index in [4.69, 9.17) is 0 Å². The first-order chi connectivity index (χ1) is 9.15. The molecule has 0 aliphatic heterocycles. The van der Waals surface area contributed by atoms with Gasteiger partial charge in [0.2, 0.25) is 0 Å². The van der Waals surface area contributed by atoms with Crippen molar-refractivity contribution in [2.45, 2.75) is 6.92 Å². The van der Waals surface area contributed by atoms with E-state index in [0.29, 0.717) is 11.3 Å². The van der Waals surface area contributed by atoms with Gasteiger partial charge in [-0.2, -0.15) is 0 Å². The normalized spacial score (nSPS) is 10.9. The zero-order chi connectivity index (χ0) is 13.4. The third-order valence-corrected chi connectivity index (χ3v) is 4.79. The van der Waals surface area contributed by atoms with Crippen LogP contribution in [-0.4, -0.2) is 4.98 Å². The number of hydrogen-bond acceptors (Lipinski definition) is 3. The number of rotatable bonds is 2. The molecule has 0 spiro atoms. The Balaban J connectivity index is 2.01. The fourth-order valence-corrected chi connectivity index (χ4v) is 3.69. The molecule has 0 unspecified atom stereocenters. The van der Waals surface area contributed by atoms with Crippen LogP contribution in [0.3, 0.4) is 0 Å². The first kappa shape index (κ1) is 12.4. The highest BCUT2D eigenvalue weighted by Gasteiger charge is 2.11. The van der Waals surface area contributed by atoms with Crippen molar-refractivity contribution in [2.75, 3.05) is 0 Å². The quantitative estimate of drug-likeness (QED) is 0.638. The molecule has 0 radical (unpaired) electrons. The second kappa shape index (κ2) is 4.83. The molecule has 96 valence electrons. The molecule has 1 aromatic carbocycles. The summed E-state index contributed by atoms with van der Waals surface area (Å²) >= 11 is 3.14. The largest absolute Gasteiger partial charge is 0.235 e. The zero-order valence-electron chi connectivity index (χ0n) is 9.98. The van der Waals surface area contributed by atoms with Gasteiger partial charge < -0.3 is 0 Å². The Bertz CT molecular complexity index is 731. The molecule has 0 saturated carbocycles. The second-order valence-corrected chi connectivity index (χ2v) is 5.87. The van der Waals surface area contributed by atoms with E-state index < -0.39 is 11.6 Å². The average molecular weight is 293 g/mol. The highest BCUT2D eigenvalue weighted by Crippen LogP contribution is 2.34. The van der Waals surface area contributed by atoms with Gasteiger partial charge in [-0.05, 0) is 42.1 Å². The highest BCUT2D eigenvalue weighted by molar-refractivity contribution is 7.20. The van der Waals surface area contributed by atoms with E-state index in [9.17, 15) is 8.78 Å². The Kier molecular flexibility index (Phi) is 3.16. The van der Waals surface area contributed by atoms with E-state index in [2.05, 4.69) is 4.98 Å². The van der Waals surface area contributed by atoms with Crippen LogP contribution in [0.5, 0.6) is 0 Å². The lowest BCUT2D eigenvalue weighted by Gasteiger charge is -1.98. The van der Waals surface area contributed by atoms with Crippen LogP contribution >= 0.6 is 22.7 Å². The Morgan fingerprint density at radius 2 is 1.89 bits per heavy atom. The lowest BCUT2D eigenvalue weighted by molar-refractivity contribution is 0.509. The van der Waals surface area contributed by atoms with Gasteiger partial charge in [-0.15, -0.1) is 22.7 Å². The number of thiophene rings is 1. The Hall–Kier alpha value is -1.59. The molecule has 2 aromatic heterocycles. The van der Waals surface area contributed by atoms with Gasteiger partial charge in [0, 0.05) is 10.9 Å². The number of benzene rings is 1. The predicted octanol–water partition coefficient (Wildman–Crippen LogP) is 5.13. The molecule has 1 nitrogen and oxygen atoms in total. The third-order valence-electron chi connectivity index (χ3n) is 2.78. The highest BCUT2D eigenvalue weighted by atomic mass is 32.1. The van der Waals surface area contributed by atoms with Crippen LogP contribution in [0.1, 0.15) is 5.56 Å². The van der Waals surface area contributed by atoms with E-state index in [1.165, 1.54) is 23.0 Å². The van der Waals surface area contributed by atoms with E-state index in [1.54, 1.807) is 17.4 Å². The van der Waals surface area contributed by atoms with Gasteiger partial charge in [0.15, 0.2) is 11.6 Å². The molecule has 5 heteroatoms. The fourth-order valence-electron chi connectivity index (χ4n) is 1.76. The molecule has 19 heavy (non-hydrogen) atoms. The van der Waals surface area contributed by atoms with E-state index in [0.717, 1.165) is 16.0 Å². The topological polar surface area (TPSA) is 12.9 Å². The van der Waals surface area contributed by atoms with Crippen LogP contribution in [0.4, 0.5) is 8.78 Å². The number of aromatic nitrogens is 1. The van der Waals surface area contributed by atoms with Crippen molar-refractivity contribution in [1.82, 2.24) is 4.98 Å². The molecule has 0 atom stereocenters. The number of thiazole rings is 1. The molecule has 0 bridgehead atoms. The van der Waals surface area contributed by atoms with Crippen molar-refractivity contribution in [3.05, 3.63) is 52.2 Å². The molecule has 0 aliphatic rings. The maximum atomic E-state index is 13.2. The van der Waals surface area contributed by atoms with Gasteiger partial charge in [0.05, 0.1) is 10.6 Å². The summed E-state index contributed by atoms with van der Waals surface area (Å²) < 4.78 is 26.1. The SMILES string of the molecule is Cc1ccsc1-c1nc(-c2ccc(F)c(F)c2)cs1. The minimum absolute atomic E-state index is 0.593. The molecule has 3 aromatic rings. The number of halogens is 2. The molecule has 3 rings (SSSR count). The summed E-state index contributed by atoms with van der Waals surface area (Å²) in [5.41, 5.74) is 2.44. The standard InChI is InChI=1S/C14H9F2NS2/c1-8-4-5-18-13(8)14-17-12(7-19-14)9-2-3-10(15)11(16)6-9/h2-7H,1H3. The summed E-state index contributed by atoms with van der Waals surface area (Å²) in [6, 6.07) is 5.88. The number of nitrogens with zero attached hydrogens (tertiary/aromatic N) is 1. The average Bonchev–Trinajstić information content (AvgIpc) is 3.01. The van der Waals surface area contributed by atoms with E-state index in [-0.39, 0.29) is 0 Å². The summed E-state index contributed by atoms with van der Waals surface area (Å²) in [6.07, 6.45) is 0. The van der Waals surface area contributed by atoms with Crippen molar-refractivity contribution in [3.63, 3.8) is 0 Å². The maximum absolute atomic E-state index is 13.2. The van der Waals surface area contributed by atoms with Gasteiger partial charge >= 0.3 is 0 Å². The summed E-state index contributed by atoms with van der Waals surface area (Å²) in [4.78, 5) is 5.62. The minimum Gasteiger partial charge on any atom is -0.235 e. The fraction of sp³-hybridized carbons (Fsp3) is 0.0714. The van der Waals surface area contributed by atoms with Crippen molar-refractivity contribution in [3.8, 4) is 21.1 Å². The van der Waals surface area contributed by atoms with Crippen molar-refractivity contribution >= 4 is 22.7 Å². The Morgan fingerprint density at radius 3 is 2.58 bits per heavy atom. The van der Waals surface area contributed by atoms with Crippen LogP contribution in [0.2, 0.25) is 0 Å². The molecule has 0 aliphatic carbocycles.